The van der Waals surface area contributed by atoms with E-state index in [1.54, 1.807) is 12.4 Å². The van der Waals surface area contributed by atoms with Gasteiger partial charge in [-0.25, -0.2) is 0 Å². The lowest BCUT2D eigenvalue weighted by Gasteiger charge is -2.02. The first-order valence-corrected chi connectivity index (χ1v) is 6.17. The summed E-state index contributed by atoms with van der Waals surface area (Å²) in [6, 6.07) is 7.70. The van der Waals surface area contributed by atoms with Crippen LogP contribution in [0.4, 0.5) is 5.69 Å². The molecule has 1 unspecified atom stereocenters. The van der Waals surface area contributed by atoms with Gasteiger partial charge in [0.05, 0.1) is 11.9 Å². The highest BCUT2D eigenvalue weighted by Gasteiger charge is 2.43. The molecule has 1 fully saturated rings. The quantitative estimate of drug-likeness (QED) is 0.893. The Bertz CT molecular complexity index is 567. The molecule has 2 N–H and O–H groups in total. The molecule has 0 radical (unpaired) electrons. The summed E-state index contributed by atoms with van der Waals surface area (Å²) in [5, 5.41) is 10.00. The van der Waals surface area contributed by atoms with E-state index in [0.717, 1.165) is 12.0 Å². The van der Waals surface area contributed by atoms with Crippen molar-refractivity contribution in [3.8, 4) is 0 Å². The Hall–Kier alpha value is -1.81. The maximum Gasteiger partial charge on any atom is 0.228 e. The first-order valence-electron chi connectivity index (χ1n) is 5.79. The lowest BCUT2D eigenvalue weighted by Crippen LogP contribution is -2.14. The van der Waals surface area contributed by atoms with Crippen LogP contribution in [-0.2, 0) is 4.79 Å². The molecule has 0 bridgehead atoms. The molecule has 4 nitrogen and oxygen atoms in total. The third kappa shape index (κ3) is 2.24. The minimum atomic E-state index is 0.0402. The molecule has 5 heteroatoms. The summed E-state index contributed by atoms with van der Waals surface area (Å²) >= 11 is 5.95. The van der Waals surface area contributed by atoms with E-state index in [1.165, 1.54) is 0 Å². The summed E-state index contributed by atoms with van der Waals surface area (Å²) < 4.78 is 0. The van der Waals surface area contributed by atoms with E-state index in [9.17, 15) is 4.79 Å². The number of aromatic amines is 1. The molecule has 1 aromatic heterocycles. The zero-order valence-electron chi connectivity index (χ0n) is 9.56. The molecule has 1 aromatic carbocycles. The van der Waals surface area contributed by atoms with Crippen molar-refractivity contribution in [2.24, 2.45) is 5.92 Å². The number of nitrogens with zero attached hydrogens (tertiary/aromatic N) is 1. The lowest BCUT2D eigenvalue weighted by atomic mass is 10.1. The Morgan fingerprint density at radius 1 is 1.50 bits per heavy atom. The highest BCUT2D eigenvalue weighted by atomic mass is 35.5. The molecule has 0 saturated heterocycles. The number of hydrogen-bond acceptors (Lipinski definition) is 2. The summed E-state index contributed by atoms with van der Waals surface area (Å²) in [5.74, 6) is 0.371. The Morgan fingerprint density at radius 2 is 2.39 bits per heavy atom. The molecular weight excluding hydrogens is 250 g/mol. The van der Waals surface area contributed by atoms with Crippen LogP contribution in [-0.4, -0.2) is 16.1 Å². The first-order chi connectivity index (χ1) is 8.74. The second-order valence-corrected chi connectivity index (χ2v) is 4.92. The van der Waals surface area contributed by atoms with Gasteiger partial charge in [-0.1, -0.05) is 23.7 Å². The predicted molar refractivity (Wildman–Crippen MR) is 69.5 cm³/mol. The number of H-pyrrole nitrogens is 1. The average molecular weight is 262 g/mol. The van der Waals surface area contributed by atoms with Crippen LogP contribution in [0.5, 0.6) is 0 Å². The van der Waals surface area contributed by atoms with Gasteiger partial charge in [-0.05, 0) is 30.0 Å². The monoisotopic (exact) mass is 261 g/mol. The number of carbonyl (C=O) groups is 1. The van der Waals surface area contributed by atoms with Gasteiger partial charge >= 0.3 is 0 Å². The summed E-state index contributed by atoms with van der Waals surface area (Å²) in [4.78, 5) is 12.0. The minimum Gasteiger partial charge on any atom is -0.323 e. The van der Waals surface area contributed by atoms with Crippen molar-refractivity contribution >= 4 is 23.2 Å². The van der Waals surface area contributed by atoms with E-state index >= 15 is 0 Å². The highest BCUT2D eigenvalue weighted by molar-refractivity contribution is 6.30. The molecule has 1 aliphatic carbocycles. The number of halogens is 1. The maximum absolute atomic E-state index is 12.0. The van der Waals surface area contributed by atoms with Gasteiger partial charge in [0.25, 0.3) is 0 Å². The Labute approximate surface area is 109 Å². The zero-order chi connectivity index (χ0) is 12.5. The molecule has 18 heavy (non-hydrogen) atoms. The lowest BCUT2D eigenvalue weighted by molar-refractivity contribution is -0.117. The number of aromatic nitrogens is 2. The number of nitrogens with one attached hydrogen (secondary N) is 2. The fourth-order valence-electron chi connectivity index (χ4n) is 2.14. The highest BCUT2D eigenvalue weighted by Crippen LogP contribution is 2.48. The molecule has 0 aliphatic heterocycles. The van der Waals surface area contributed by atoms with Crippen LogP contribution in [0.15, 0.2) is 36.7 Å². The van der Waals surface area contributed by atoms with Crippen molar-refractivity contribution in [2.75, 3.05) is 5.32 Å². The SMILES string of the molecule is O=C(Nc1cn[nH]c1)[C@H]1CC1c1cccc(Cl)c1. The number of amides is 1. The molecule has 92 valence electrons. The van der Waals surface area contributed by atoms with Crippen molar-refractivity contribution in [3.63, 3.8) is 0 Å². The molecule has 3 rings (SSSR count). The van der Waals surface area contributed by atoms with Gasteiger partial charge in [-0.2, -0.15) is 5.10 Å². The smallest absolute Gasteiger partial charge is 0.228 e. The van der Waals surface area contributed by atoms with Crippen molar-refractivity contribution in [2.45, 2.75) is 12.3 Å². The minimum absolute atomic E-state index is 0.0402. The predicted octanol–water partition coefficient (Wildman–Crippen LogP) is 2.81. The van der Waals surface area contributed by atoms with Crippen LogP contribution < -0.4 is 5.32 Å². The maximum atomic E-state index is 12.0. The molecule has 1 amide bonds. The summed E-state index contributed by atoms with van der Waals surface area (Å²) in [5.41, 5.74) is 1.84. The zero-order valence-corrected chi connectivity index (χ0v) is 10.3. The van der Waals surface area contributed by atoms with E-state index in [1.807, 2.05) is 24.3 Å². The van der Waals surface area contributed by atoms with E-state index in [2.05, 4.69) is 15.5 Å². The van der Waals surface area contributed by atoms with E-state index in [4.69, 9.17) is 11.6 Å². The van der Waals surface area contributed by atoms with Crippen LogP contribution in [0.25, 0.3) is 0 Å². The Balaban J connectivity index is 1.65. The van der Waals surface area contributed by atoms with Gasteiger partial charge in [-0.15, -0.1) is 0 Å². The van der Waals surface area contributed by atoms with Gasteiger partial charge in [0, 0.05) is 17.1 Å². The van der Waals surface area contributed by atoms with Crippen molar-refractivity contribution in [1.29, 1.82) is 0 Å². The van der Waals surface area contributed by atoms with Crippen molar-refractivity contribution in [3.05, 3.63) is 47.2 Å². The topological polar surface area (TPSA) is 57.8 Å². The Kier molecular flexibility index (Phi) is 2.80. The van der Waals surface area contributed by atoms with Gasteiger partial charge in [0.15, 0.2) is 0 Å². The van der Waals surface area contributed by atoms with Crippen LogP contribution in [0.3, 0.4) is 0 Å². The fourth-order valence-corrected chi connectivity index (χ4v) is 2.34. The molecule has 0 spiro atoms. The second kappa shape index (κ2) is 4.46. The number of anilines is 1. The van der Waals surface area contributed by atoms with Gasteiger partial charge in [0.2, 0.25) is 5.91 Å². The standard InChI is InChI=1S/C13H12ClN3O/c14-9-3-1-2-8(4-9)11-5-12(11)13(18)17-10-6-15-16-7-10/h1-4,6-7,11-12H,5H2,(H,15,16)(H,17,18)/t11?,12-/m0/s1. The van der Waals surface area contributed by atoms with E-state index in [0.29, 0.717) is 10.7 Å². The third-order valence-electron chi connectivity index (χ3n) is 3.17. The Morgan fingerprint density at radius 3 is 3.11 bits per heavy atom. The first kappa shape index (κ1) is 11.3. The molecule has 2 atom stereocenters. The van der Waals surface area contributed by atoms with Crippen LogP contribution in [0.1, 0.15) is 17.9 Å². The van der Waals surface area contributed by atoms with E-state index < -0.39 is 0 Å². The van der Waals surface area contributed by atoms with Gasteiger partial charge in [-0.3, -0.25) is 9.89 Å². The van der Waals surface area contributed by atoms with Crippen molar-refractivity contribution < 1.29 is 4.79 Å². The number of hydrogen-bond donors (Lipinski definition) is 2. The van der Waals surface area contributed by atoms with Crippen LogP contribution in [0, 0.1) is 5.92 Å². The van der Waals surface area contributed by atoms with Crippen LogP contribution in [0.2, 0.25) is 5.02 Å². The van der Waals surface area contributed by atoms with Gasteiger partial charge < -0.3 is 5.32 Å². The summed E-state index contributed by atoms with van der Waals surface area (Å²) in [6.45, 7) is 0. The largest absolute Gasteiger partial charge is 0.323 e. The average Bonchev–Trinajstić information content (AvgIpc) is 3.01. The van der Waals surface area contributed by atoms with Crippen LogP contribution >= 0.6 is 11.6 Å². The normalized spacial score (nSPS) is 21.6. The van der Waals surface area contributed by atoms with Gasteiger partial charge in [0.1, 0.15) is 0 Å². The molecular formula is C13H12ClN3O. The molecule has 2 aromatic rings. The molecule has 1 aliphatic rings. The summed E-state index contributed by atoms with van der Waals surface area (Å²) in [7, 11) is 0. The number of carbonyl (C=O) groups excluding carboxylic acids is 1. The van der Waals surface area contributed by atoms with Crippen molar-refractivity contribution in [1.82, 2.24) is 10.2 Å². The molecule has 1 saturated carbocycles. The fraction of sp³-hybridized carbons (Fsp3) is 0.231. The number of rotatable bonds is 3. The number of benzene rings is 1. The molecule has 1 heterocycles. The summed E-state index contributed by atoms with van der Waals surface area (Å²) in [6.07, 6.45) is 4.13. The second-order valence-electron chi connectivity index (χ2n) is 4.48. The third-order valence-corrected chi connectivity index (χ3v) is 3.40. The van der Waals surface area contributed by atoms with E-state index in [-0.39, 0.29) is 17.7 Å².